The molecule has 21 heavy (non-hydrogen) atoms. The fourth-order valence-electron chi connectivity index (χ4n) is 2.25. The summed E-state index contributed by atoms with van der Waals surface area (Å²) in [5.74, 6) is 0.536. The van der Waals surface area contributed by atoms with Gasteiger partial charge in [0, 0.05) is 37.5 Å². The normalized spacial score (nSPS) is 16.7. The van der Waals surface area contributed by atoms with Gasteiger partial charge in [0.1, 0.15) is 11.8 Å². The van der Waals surface area contributed by atoms with Crippen molar-refractivity contribution in [3.8, 4) is 5.75 Å². The molecule has 1 atom stereocenters. The molecule has 1 unspecified atom stereocenters. The maximum atomic E-state index is 12.0. The highest BCUT2D eigenvalue weighted by Gasteiger charge is 2.31. The Morgan fingerprint density at radius 3 is 2.90 bits per heavy atom. The van der Waals surface area contributed by atoms with E-state index in [2.05, 4.69) is 17.6 Å². The number of fused-ring (bicyclic) bond motifs is 1. The first-order chi connectivity index (χ1) is 10.2. The highest BCUT2D eigenvalue weighted by Crippen LogP contribution is 2.38. The smallest absolute Gasteiger partial charge is 0.246 e. The van der Waals surface area contributed by atoms with Crippen molar-refractivity contribution in [2.45, 2.75) is 25.8 Å². The number of hydrogen-bond acceptors (Lipinski definition) is 4. The average Bonchev–Trinajstić information content (AvgIpc) is 2.76. The maximum absolute atomic E-state index is 12.0. The summed E-state index contributed by atoms with van der Waals surface area (Å²) in [6.45, 7) is 4.01. The van der Waals surface area contributed by atoms with Crippen LogP contribution in [0.2, 0.25) is 5.02 Å². The van der Waals surface area contributed by atoms with Gasteiger partial charge in [-0.15, -0.1) is 0 Å². The average molecular weight is 313 g/mol. The van der Waals surface area contributed by atoms with Crippen LogP contribution >= 0.6 is 11.6 Å². The van der Waals surface area contributed by atoms with E-state index in [1.807, 2.05) is 0 Å². The van der Waals surface area contributed by atoms with Crippen molar-refractivity contribution in [1.29, 1.82) is 0 Å². The van der Waals surface area contributed by atoms with Crippen molar-refractivity contribution in [1.82, 2.24) is 5.32 Å². The van der Waals surface area contributed by atoms with E-state index in [4.69, 9.17) is 21.1 Å². The molecule has 6 heteroatoms. The summed E-state index contributed by atoms with van der Waals surface area (Å²) in [4.78, 5) is 12.0. The molecule has 1 aliphatic heterocycles. The van der Waals surface area contributed by atoms with E-state index in [0.717, 1.165) is 30.6 Å². The van der Waals surface area contributed by atoms with Gasteiger partial charge in [0.2, 0.25) is 5.91 Å². The number of carbonyl (C=O) groups excluding carboxylic acids is 1. The molecule has 0 spiro atoms. The molecule has 0 saturated carbocycles. The fourth-order valence-corrected chi connectivity index (χ4v) is 2.48. The van der Waals surface area contributed by atoms with Crippen LogP contribution < -0.4 is 15.4 Å². The number of rotatable bonds is 8. The zero-order chi connectivity index (χ0) is 15.2. The number of ether oxygens (including phenoxy) is 2. The van der Waals surface area contributed by atoms with Crippen LogP contribution in [0.5, 0.6) is 5.75 Å². The number of benzene rings is 1. The Bertz CT molecular complexity index is 508. The lowest BCUT2D eigenvalue weighted by Gasteiger charge is -2.12. The first-order valence-corrected chi connectivity index (χ1v) is 7.54. The van der Waals surface area contributed by atoms with E-state index in [1.165, 1.54) is 0 Å². The lowest BCUT2D eigenvalue weighted by Crippen LogP contribution is -2.27. The van der Waals surface area contributed by atoms with Gasteiger partial charge >= 0.3 is 0 Å². The van der Waals surface area contributed by atoms with Gasteiger partial charge in [-0.1, -0.05) is 18.5 Å². The second-order valence-corrected chi connectivity index (χ2v) is 5.35. The minimum absolute atomic E-state index is 0.0500. The van der Waals surface area contributed by atoms with Crippen LogP contribution in [0.1, 0.15) is 31.4 Å². The van der Waals surface area contributed by atoms with Gasteiger partial charge in [-0.25, -0.2) is 0 Å². The first kappa shape index (κ1) is 16.1. The summed E-state index contributed by atoms with van der Waals surface area (Å²) < 4.78 is 10.6. The Hall–Kier alpha value is -1.30. The van der Waals surface area contributed by atoms with Gasteiger partial charge < -0.3 is 20.1 Å². The molecular weight excluding hydrogens is 292 g/mol. The van der Waals surface area contributed by atoms with Crippen LogP contribution in [-0.2, 0) is 9.53 Å². The van der Waals surface area contributed by atoms with Crippen LogP contribution in [0.4, 0.5) is 5.69 Å². The lowest BCUT2D eigenvalue weighted by atomic mass is 10.1. The molecule has 1 heterocycles. The maximum Gasteiger partial charge on any atom is 0.246 e. The first-order valence-electron chi connectivity index (χ1n) is 7.16. The van der Waals surface area contributed by atoms with E-state index in [0.29, 0.717) is 24.0 Å². The molecule has 0 aliphatic carbocycles. The number of methoxy groups -OCH3 is 1. The van der Waals surface area contributed by atoms with E-state index < -0.39 is 0 Å². The highest BCUT2D eigenvalue weighted by atomic mass is 35.5. The molecule has 0 radical (unpaired) electrons. The molecular formula is C15H21ClN2O3. The number of nitrogens with one attached hydrogen (secondary N) is 2. The standard InChI is InChI=1S/C15H21ClN2O3/c1-3-5-17-14-10-8-11(16)13(21-7-4-6-20-2)9-12(10)18-15(14)19/h8-9,14,17H,3-7H2,1-2H3,(H,18,19). The van der Waals surface area contributed by atoms with Crippen LogP contribution in [0.25, 0.3) is 0 Å². The van der Waals surface area contributed by atoms with Crippen molar-refractivity contribution in [3.63, 3.8) is 0 Å². The Morgan fingerprint density at radius 1 is 1.38 bits per heavy atom. The monoisotopic (exact) mass is 312 g/mol. The van der Waals surface area contributed by atoms with Gasteiger partial charge in [-0.2, -0.15) is 0 Å². The molecule has 2 N–H and O–H groups in total. The third-order valence-electron chi connectivity index (χ3n) is 3.28. The quantitative estimate of drug-likeness (QED) is 0.725. The number of carbonyl (C=O) groups is 1. The van der Waals surface area contributed by atoms with Crippen molar-refractivity contribution in [3.05, 3.63) is 22.7 Å². The summed E-state index contributed by atoms with van der Waals surface area (Å²) >= 11 is 6.24. The van der Waals surface area contributed by atoms with Gasteiger partial charge in [0.15, 0.2) is 0 Å². The molecule has 0 fully saturated rings. The molecule has 1 amide bonds. The third-order valence-corrected chi connectivity index (χ3v) is 3.58. The van der Waals surface area contributed by atoms with E-state index >= 15 is 0 Å². The molecule has 1 aliphatic rings. The van der Waals surface area contributed by atoms with Crippen molar-refractivity contribution >= 4 is 23.2 Å². The SMILES string of the molecule is CCCNC1C(=O)Nc2cc(OCCCOC)c(Cl)cc21. The van der Waals surface area contributed by atoms with Crippen LogP contribution in [-0.4, -0.2) is 32.8 Å². The second kappa shape index (κ2) is 7.64. The second-order valence-electron chi connectivity index (χ2n) is 4.94. The van der Waals surface area contributed by atoms with Crippen LogP contribution in [0.3, 0.4) is 0 Å². The van der Waals surface area contributed by atoms with Crippen molar-refractivity contribution in [2.75, 3.05) is 32.2 Å². The van der Waals surface area contributed by atoms with E-state index in [-0.39, 0.29) is 11.9 Å². The van der Waals surface area contributed by atoms with E-state index in [1.54, 1.807) is 19.2 Å². The molecule has 1 aromatic carbocycles. The molecule has 0 bridgehead atoms. The number of halogens is 1. The molecule has 116 valence electrons. The zero-order valence-corrected chi connectivity index (χ0v) is 13.1. The van der Waals surface area contributed by atoms with Gasteiger partial charge in [0.05, 0.1) is 11.6 Å². The molecule has 2 rings (SSSR count). The van der Waals surface area contributed by atoms with Gasteiger partial charge in [-0.3, -0.25) is 4.79 Å². The predicted octanol–water partition coefficient (Wildman–Crippen LogP) is 2.75. The summed E-state index contributed by atoms with van der Waals surface area (Å²) in [7, 11) is 1.65. The summed E-state index contributed by atoms with van der Waals surface area (Å²) in [6.07, 6.45) is 1.75. The highest BCUT2D eigenvalue weighted by molar-refractivity contribution is 6.32. The van der Waals surface area contributed by atoms with Gasteiger partial charge in [0.25, 0.3) is 0 Å². The number of hydrogen-bond donors (Lipinski definition) is 2. The minimum atomic E-state index is -0.333. The minimum Gasteiger partial charge on any atom is -0.492 e. The summed E-state index contributed by atoms with van der Waals surface area (Å²) in [5.41, 5.74) is 1.64. The Balaban J connectivity index is 2.09. The molecule has 0 aromatic heterocycles. The lowest BCUT2D eigenvalue weighted by molar-refractivity contribution is -0.117. The zero-order valence-electron chi connectivity index (χ0n) is 12.4. The predicted molar refractivity (Wildman–Crippen MR) is 83.1 cm³/mol. The number of amides is 1. The molecule has 5 nitrogen and oxygen atoms in total. The number of anilines is 1. The Kier molecular flexibility index (Phi) is 5.85. The fraction of sp³-hybridized carbons (Fsp3) is 0.533. The molecule has 1 aromatic rings. The van der Waals surface area contributed by atoms with Crippen LogP contribution in [0, 0.1) is 0 Å². The Morgan fingerprint density at radius 2 is 2.19 bits per heavy atom. The summed E-state index contributed by atoms with van der Waals surface area (Å²) in [6, 6.07) is 3.25. The van der Waals surface area contributed by atoms with E-state index in [9.17, 15) is 4.79 Å². The van der Waals surface area contributed by atoms with Crippen molar-refractivity contribution in [2.24, 2.45) is 0 Å². The largest absolute Gasteiger partial charge is 0.492 e. The Labute approximate surface area is 130 Å². The summed E-state index contributed by atoms with van der Waals surface area (Å²) in [5, 5.41) is 6.60. The van der Waals surface area contributed by atoms with Gasteiger partial charge in [-0.05, 0) is 19.0 Å². The van der Waals surface area contributed by atoms with Crippen molar-refractivity contribution < 1.29 is 14.3 Å². The third kappa shape index (κ3) is 3.87. The topological polar surface area (TPSA) is 59.6 Å². The molecule has 0 saturated heterocycles. The van der Waals surface area contributed by atoms with Crippen LogP contribution in [0.15, 0.2) is 12.1 Å².